The third-order valence-corrected chi connectivity index (χ3v) is 4.56. The van der Waals surface area contributed by atoms with Crippen LogP contribution >= 0.6 is 11.3 Å². The second-order valence-corrected chi connectivity index (χ2v) is 6.45. The molecule has 8 nitrogen and oxygen atoms in total. The van der Waals surface area contributed by atoms with E-state index in [1.807, 2.05) is 13.0 Å². The first-order valence-corrected chi connectivity index (χ1v) is 8.61. The first-order valence-electron chi connectivity index (χ1n) is 7.80. The topological polar surface area (TPSA) is 114 Å². The molecule has 9 heteroatoms. The molecule has 1 heterocycles. The van der Waals surface area contributed by atoms with Crippen LogP contribution in [0.1, 0.15) is 31.2 Å². The highest BCUT2D eigenvalue weighted by Crippen LogP contribution is 2.33. The van der Waals surface area contributed by atoms with Gasteiger partial charge in [-0.3, -0.25) is 0 Å². The Morgan fingerprint density at radius 2 is 1.81 bits per heavy atom. The van der Waals surface area contributed by atoms with Gasteiger partial charge >= 0.3 is 17.9 Å². The number of anilines is 1. The summed E-state index contributed by atoms with van der Waals surface area (Å²) in [6, 6.07) is 7.19. The Balaban J connectivity index is 2.10. The van der Waals surface area contributed by atoms with Gasteiger partial charge in [0.15, 0.2) is 6.61 Å². The maximum absolute atomic E-state index is 12.0. The van der Waals surface area contributed by atoms with Gasteiger partial charge in [-0.25, -0.2) is 14.4 Å². The zero-order valence-corrected chi connectivity index (χ0v) is 15.9. The molecule has 0 aliphatic carbocycles. The van der Waals surface area contributed by atoms with Crippen LogP contribution in [0.25, 0.3) is 0 Å². The van der Waals surface area contributed by atoms with Gasteiger partial charge in [0.2, 0.25) is 0 Å². The summed E-state index contributed by atoms with van der Waals surface area (Å²) in [6.07, 6.45) is 0. The average Bonchev–Trinajstić information content (AvgIpc) is 2.99. The highest BCUT2D eigenvalue weighted by molar-refractivity contribution is 7.18. The van der Waals surface area contributed by atoms with Gasteiger partial charge in [0.25, 0.3) is 0 Å². The standard InChI is InChI=1S/C18H19NO7S/c1-10-5-4-6-11(7-10)25-9-13(20)26-8-12-14(17(21)23-2)16(19)27-15(12)18(22)24-3/h4-7H,8-9,19H2,1-3H3. The summed E-state index contributed by atoms with van der Waals surface area (Å²) in [5, 5.41) is 0.0734. The number of hydrogen-bond acceptors (Lipinski definition) is 9. The van der Waals surface area contributed by atoms with Crippen LogP contribution < -0.4 is 10.5 Å². The van der Waals surface area contributed by atoms with Crippen molar-refractivity contribution in [2.75, 3.05) is 26.6 Å². The van der Waals surface area contributed by atoms with Crippen molar-refractivity contribution in [3.05, 3.63) is 45.8 Å². The lowest BCUT2D eigenvalue weighted by atomic mass is 10.1. The second-order valence-electron chi connectivity index (χ2n) is 5.40. The van der Waals surface area contributed by atoms with E-state index < -0.39 is 17.9 Å². The molecule has 0 fully saturated rings. The number of aryl methyl sites for hydroxylation is 1. The normalized spacial score (nSPS) is 10.2. The van der Waals surface area contributed by atoms with Crippen LogP contribution in [0.15, 0.2) is 24.3 Å². The number of methoxy groups -OCH3 is 2. The SMILES string of the molecule is COC(=O)c1sc(N)c(C(=O)OC)c1COC(=O)COc1cccc(C)c1. The first-order chi connectivity index (χ1) is 12.9. The largest absolute Gasteiger partial charge is 0.482 e. The summed E-state index contributed by atoms with van der Waals surface area (Å²) < 4.78 is 19.9. The van der Waals surface area contributed by atoms with Crippen molar-refractivity contribution in [2.24, 2.45) is 0 Å². The monoisotopic (exact) mass is 393 g/mol. The fourth-order valence-corrected chi connectivity index (χ4v) is 3.23. The Labute approximate surface area is 159 Å². The van der Waals surface area contributed by atoms with Gasteiger partial charge in [0.05, 0.1) is 14.2 Å². The lowest BCUT2D eigenvalue weighted by molar-refractivity contribution is -0.147. The van der Waals surface area contributed by atoms with Crippen LogP contribution in [0, 0.1) is 6.92 Å². The Morgan fingerprint density at radius 3 is 2.44 bits per heavy atom. The number of benzene rings is 1. The van der Waals surface area contributed by atoms with Crippen molar-refractivity contribution in [1.82, 2.24) is 0 Å². The van der Waals surface area contributed by atoms with Crippen molar-refractivity contribution in [1.29, 1.82) is 0 Å². The van der Waals surface area contributed by atoms with E-state index in [1.165, 1.54) is 14.2 Å². The molecule has 0 aliphatic rings. The summed E-state index contributed by atoms with van der Waals surface area (Å²) in [6.45, 7) is 1.22. The van der Waals surface area contributed by atoms with E-state index >= 15 is 0 Å². The molecule has 0 amide bonds. The number of esters is 3. The summed E-state index contributed by atoms with van der Waals surface area (Å²) in [5.74, 6) is -1.57. The fraction of sp³-hybridized carbons (Fsp3) is 0.278. The van der Waals surface area contributed by atoms with Gasteiger partial charge in [0, 0.05) is 5.56 Å². The molecule has 1 aromatic heterocycles. The van der Waals surface area contributed by atoms with Gasteiger partial charge in [-0.05, 0) is 24.6 Å². The lowest BCUT2D eigenvalue weighted by Crippen LogP contribution is -2.17. The summed E-state index contributed by atoms with van der Waals surface area (Å²) in [4.78, 5) is 35.9. The molecule has 2 rings (SSSR count). The molecule has 2 N–H and O–H groups in total. The van der Waals surface area contributed by atoms with Crippen LogP contribution in [-0.4, -0.2) is 38.7 Å². The summed E-state index contributed by atoms with van der Waals surface area (Å²) in [7, 11) is 2.38. The Hall–Kier alpha value is -3.07. The van der Waals surface area contributed by atoms with Crippen molar-refractivity contribution < 1.29 is 33.3 Å². The average molecular weight is 393 g/mol. The number of carbonyl (C=O) groups excluding carboxylic acids is 3. The van der Waals surface area contributed by atoms with E-state index in [0.717, 1.165) is 16.9 Å². The molecule has 27 heavy (non-hydrogen) atoms. The number of hydrogen-bond donors (Lipinski definition) is 1. The van der Waals surface area contributed by atoms with Crippen LogP contribution in [0.2, 0.25) is 0 Å². The van der Waals surface area contributed by atoms with Gasteiger partial charge in [0.1, 0.15) is 27.8 Å². The maximum atomic E-state index is 12.0. The van der Waals surface area contributed by atoms with Gasteiger partial charge in [-0.15, -0.1) is 11.3 Å². The number of ether oxygens (including phenoxy) is 4. The third-order valence-electron chi connectivity index (χ3n) is 3.52. The van der Waals surface area contributed by atoms with Gasteiger partial charge in [-0.2, -0.15) is 0 Å². The fourth-order valence-electron chi connectivity index (χ4n) is 2.25. The Morgan fingerprint density at radius 1 is 1.11 bits per heavy atom. The molecule has 0 saturated heterocycles. The highest BCUT2D eigenvalue weighted by atomic mass is 32.1. The number of rotatable bonds is 7. The first kappa shape index (κ1) is 20.2. The molecule has 0 saturated carbocycles. The number of nitrogen functional groups attached to an aromatic ring is 1. The van der Waals surface area contributed by atoms with Crippen molar-refractivity contribution in [3.8, 4) is 5.75 Å². The van der Waals surface area contributed by atoms with Crippen LogP contribution in [-0.2, 0) is 25.6 Å². The molecule has 0 aliphatic heterocycles. The zero-order valence-electron chi connectivity index (χ0n) is 15.1. The Kier molecular flexibility index (Phi) is 6.78. The summed E-state index contributed by atoms with van der Waals surface area (Å²) in [5.41, 5.74) is 6.92. The molecule has 2 aromatic rings. The second kappa shape index (κ2) is 9.04. The van der Waals surface area contributed by atoms with Gasteiger partial charge < -0.3 is 24.7 Å². The van der Waals surface area contributed by atoms with Crippen molar-refractivity contribution in [3.63, 3.8) is 0 Å². The zero-order chi connectivity index (χ0) is 20.0. The lowest BCUT2D eigenvalue weighted by Gasteiger charge is -2.09. The van der Waals surface area contributed by atoms with E-state index in [2.05, 4.69) is 9.47 Å². The van der Waals surface area contributed by atoms with Crippen molar-refractivity contribution in [2.45, 2.75) is 13.5 Å². The minimum absolute atomic E-state index is 0.0182. The highest BCUT2D eigenvalue weighted by Gasteiger charge is 2.28. The number of carbonyl (C=O) groups is 3. The van der Waals surface area contributed by atoms with Crippen LogP contribution in [0.4, 0.5) is 5.00 Å². The maximum Gasteiger partial charge on any atom is 0.348 e. The van der Waals surface area contributed by atoms with Crippen LogP contribution in [0.3, 0.4) is 0 Å². The minimum atomic E-state index is -0.735. The molecular weight excluding hydrogens is 374 g/mol. The van der Waals surface area contributed by atoms with E-state index in [0.29, 0.717) is 5.75 Å². The smallest absolute Gasteiger partial charge is 0.348 e. The molecule has 0 atom stereocenters. The van der Waals surface area contributed by atoms with E-state index in [-0.39, 0.29) is 34.2 Å². The molecule has 0 spiro atoms. The Bertz CT molecular complexity index is 859. The van der Waals surface area contributed by atoms with Crippen LogP contribution in [0.5, 0.6) is 5.75 Å². The van der Waals surface area contributed by atoms with Crippen molar-refractivity contribution >= 4 is 34.2 Å². The predicted molar refractivity (Wildman–Crippen MR) is 97.9 cm³/mol. The van der Waals surface area contributed by atoms with E-state index in [9.17, 15) is 14.4 Å². The molecule has 144 valence electrons. The van der Waals surface area contributed by atoms with E-state index in [4.69, 9.17) is 15.2 Å². The molecule has 0 radical (unpaired) electrons. The third kappa shape index (κ3) is 4.98. The number of nitrogens with two attached hydrogens (primary N) is 1. The van der Waals surface area contributed by atoms with E-state index in [1.54, 1.807) is 18.2 Å². The number of thiophene rings is 1. The minimum Gasteiger partial charge on any atom is -0.482 e. The molecular formula is C18H19NO7S. The molecule has 0 bridgehead atoms. The molecule has 1 aromatic carbocycles. The quantitative estimate of drug-likeness (QED) is 0.563. The summed E-state index contributed by atoms with van der Waals surface area (Å²) >= 11 is 0.861. The van der Waals surface area contributed by atoms with Gasteiger partial charge in [-0.1, -0.05) is 12.1 Å². The molecule has 0 unspecified atom stereocenters. The predicted octanol–water partition coefficient (Wildman–Crippen LogP) is 2.33.